The minimum atomic E-state index is 0.0416. The minimum absolute atomic E-state index is 0.0416. The fraction of sp³-hybridized carbons (Fsp3) is 0.471. The van der Waals surface area contributed by atoms with E-state index in [0.29, 0.717) is 29.8 Å². The molecule has 6 nitrogen and oxygen atoms in total. The lowest BCUT2D eigenvalue weighted by Crippen LogP contribution is -2.10. The van der Waals surface area contributed by atoms with Gasteiger partial charge in [-0.2, -0.15) is 4.98 Å². The van der Waals surface area contributed by atoms with E-state index in [-0.39, 0.29) is 12.5 Å². The third-order valence-corrected chi connectivity index (χ3v) is 3.67. The molecule has 1 N–H and O–H groups in total. The molecule has 0 atom stereocenters. The average Bonchev–Trinajstić information content (AvgIpc) is 3.31. The van der Waals surface area contributed by atoms with Gasteiger partial charge in [-0.25, -0.2) is 0 Å². The molecule has 3 rings (SSSR count). The van der Waals surface area contributed by atoms with Crippen molar-refractivity contribution < 1.29 is 14.1 Å². The van der Waals surface area contributed by atoms with Gasteiger partial charge in [0.1, 0.15) is 5.75 Å². The van der Waals surface area contributed by atoms with Gasteiger partial charge >= 0.3 is 0 Å². The maximum Gasteiger partial charge on any atom is 0.229 e. The Morgan fingerprint density at radius 3 is 2.83 bits per heavy atom. The van der Waals surface area contributed by atoms with Gasteiger partial charge in [-0.05, 0) is 43.5 Å². The van der Waals surface area contributed by atoms with Crippen molar-refractivity contribution in [1.82, 2.24) is 10.1 Å². The van der Waals surface area contributed by atoms with Gasteiger partial charge in [0, 0.05) is 18.0 Å². The molecular weight excluding hydrogens is 294 g/mol. The molecular formula is C17H21N3O3. The Hall–Kier alpha value is -2.37. The lowest BCUT2D eigenvalue weighted by atomic mass is 10.2. The number of carbonyl (C=O) groups is 1. The number of amides is 1. The molecule has 2 aromatic rings. The Morgan fingerprint density at radius 1 is 1.35 bits per heavy atom. The van der Waals surface area contributed by atoms with Crippen LogP contribution in [0, 0.1) is 0 Å². The zero-order valence-corrected chi connectivity index (χ0v) is 13.2. The summed E-state index contributed by atoms with van der Waals surface area (Å²) in [5.41, 5.74) is 0.772. The molecule has 0 radical (unpaired) electrons. The first-order valence-electron chi connectivity index (χ1n) is 8.10. The van der Waals surface area contributed by atoms with Gasteiger partial charge in [0.05, 0.1) is 0 Å². The highest BCUT2D eigenvalue weighted by Gasteiger charge is 2.29. The molecule has 1 fully saturated rings. The Morgan fingerprint density at radius 2 is 2.13 bits per heavy atom. The molecule has 1 aliphatic rings. The number of ether oxygens (including phenoxy) is 1. The summed E-state index contributed by atoms with van der Waals surface area (Å²) in [5, 5.41) is 6.78. The molecule has 6 heteroatoms. The smallest absolute Gasteiger partial charge is 0.229 e. The summed E-state index contributed by atoms with van der Waals surface area (Å²) in [4.78, 5) is 16.0. The topological polar surface area (TPSA) is 77.2 Å². The van der Waals surface area contributed by atoms with Crippen molar-refractivity contribution in [3.63, 3.8) is 0 Å². The first-order valence-corrected chi connectivity index (χ1v) is 8.10. The van der Waals surface area contributed by atoms with Crippen molar-refractivity contribution in [2.24, 2.45) is 0 Å². The van der Waals surface area contributed by atoms with E-state index >= 15 is 0 Å². The van der Waals surface area contributed by atoms with Crippen LogP contribution in [0.3, 0.4) is 0 Å². The van der Waals surface area contributed by atoms with Crippen molar-refractivity contribution in [1.29, 1.82) is 0 Å². The van der Waals surface area contributed by atoms with Gasteiger partial charge in [0.25, 0.3) is 0 Å². The van der Waals surface area contributed by atoms with Crippen LogP contribution in [0.15, 0.2) is 28.8 Å². The summed E-state index contributed by atoms with van der Waals surface area (Å²) in [6, 6.07) is 7.28. The maximum absolute atomic E-state index is 11.7. The quantitative estimate of drug-likeness (QED) is 0.804. The van der Waals surface area contributed by atoms with Gasteiger partial charge in [-0.15, -0.1) is 0 Å². The van der Waals surface area contributed by atoms with Gasteiger partial charge in [-0.3, -0.25) is 4.79 Å². The molecule has 1 amide bonds. The second-order valence-corrected chi connectivity index (χ2v) is 5.79. The molecule has 0 unspecified atom stereocenters. The summed E-state index contributed by atoms with van der Waals surface area (Å²) in [7, 11) is 0. The molecule has 0 saturated heterocycles. The van der Waals surface area contributed by atoms with Crippen LogP contribution in [0.4, 0.5) is 5.69 Å². The van der Waals surface area contributed by atoms with E-state index in [1.807, 2.05) is 24.3 Å². The highest BCUT2D eigenvalue weighted by Crippen LogP contribution is 2.38. The maximum atomic E-state index is 11.7. The van der Waals surface area contributed by atoms with Crippen molar-refractivity contribution in [3.05, 3.63) is 36.0 Å². The van der Waals surface area contributed by atoms with Crippen molar-refractivity contribution in [3.8, 4) is 5.75 Å². The zero-order chi connectivity index (χ0) is 16.1. The number of nitrogens with one attached hydrogen (secondary N) is 1. The largest absolute Gasteiger partial charge is 0.485 e. The van der Waals surface area contributed by atoms with Crippen molar-refractivity contribution >= 4 is 11.6 Å². The molecule has 1 aromatic heterocycles. The number of unbranched alkanes of at least 4 members (excludes halogenated alkanes) is 1. The van der Waals surface area contributed by atoms with Crippen LogP contribution in [0.25, 0.3) is 0 Å². The van der Waals surface area contributed by atoms with E-state index < -0.39 is 0 Å². The molecule has 0 bridgehead atoms. The Bertz CT molecular complexity index is 647. The van der Waals surface area contributed by atoms with E-state index in [2.05, 4.69) is 22.4 Å². The highest BCUT2D eigenvalue weighted by molar-refractivity contribution is 5.90. The van der Waals surface area contributed by atoms with E-state index in [1.54, 1.807) is 0 Å². The highest BCUT2D eigenvalue weighted by atomic mass is 16.5. The Balaban J connectivity index is 1.47. The SMILES string of the molecule is CCCCC(=O)Nc1ccc(OCc2noc(C3CC3)n2)cc1. The summed E-state index contributed by atoms with van der Waals surface area (Å²) >= 11 is 0. The summed E-state index contributed by atoms with van der Waals surface area (Å²) in [5.74, 6) is 2.47. The van der Waals surface area contributed by atoms with Crippen LogP contribution in [-0.4, -0.2) is 16.0 Å². The average molecular weight is 315 g/mol. The zero-order valence-electron chi connectivity index (χ0n) is 13.2. The van der Waals surface area contributed by atoms with E-state index in [4.69, 9.17) is 9.26 Å². The molecule has 1 heterocycles. The fourth-order valence-corrected chi connectivity index (χ4v) is 2.17. The van der Waals surface area contributed by atoms with Gasteiger partial charge in [0.15, 0.2) is 6.61 Å². The molecule has 1 aliphatic carbocycles. The number of benzene rings is 1. The Labute approximate surface area is 135 Å². The molecule has 1 saturated carbocycles. The molecule has 0 spiro atoms. The number of anilines is 1. The van der Waals surface area contributed by atoms with Crippen LogP contribution in [0.1, 0.15) is 56.7 Å². The molecule has 1 aromatic carbocycles. The number of nitrogens with zero attached hydrogens (tertiary/aromatic N) is 2. The minimum Gasteiger partial charge on any atom is -0.485 e. The van der Waals surface area contributed by atoms with Crippen LogP contribution in [-0.2, 0) is 11.4 Å². The van der Waals surface area contributed by atoms with E-state index in [0.717, 1.165) is 31.4 Å². The first kappa shape index (κ1) is 15.5. The molecule has 0 aliphatic heterocycles. The normalized spacial score (nSPS) is 13.8. The second kappa shape index (κ2) is 7.26. The number of aromatic nitrogens is 2. The molecule has 23 heavy (non-hydrogen) atoms. The van der Waals surface area contributed by atoms with Crippen LogP contribution in [0.2, 0.25) is 0 Å². The summed E-state index contributed by atoms with van der Waals surface area (Å²) in [6.07, 6.45) is 4.73. The van der Waals surface area contributed by atoms with Crippen LogP contribution >= 0.6 is 0 Å². The number of rotatable bonds is 8. The van der Waals surface area contributed by atoms with Gasteiger partial charge in [-0.1, -0.05) is 18.5 Å². The van der Waals surface area contributed by atoms with E-state index in [1.165, 1.54) is 0 Å². The second-order valence-electron chi connectivity index (χ2n) is 5.79. The third kappa shape index (κ3) is 4.55. The summed E-state index contributed by atoms with van der Waals surface area (Å²) in [6.45, 7) is 2.34. The predicted octanol–water partition coefficient (Wildman–Crippen LogP) is 3.65. The van der Waals surface area contributed by atoms with Gasteiger partial charge < -0.3 is 14.6 Å². The first-order chi connectivity index (χ1) is 11.2. The van der Waals surface area contributed by atoms with Gasteiger partial charge in [0.2, 0.25) is 17.6 Å². The fourth-order valence-electron chi connectivity index (χ4n) is 2.17. The van der Waals surface area contributed by atoms with E-state index in [9.17, 15) is 4.79 Å². The standard InChI is InChI=1S/C17H21N3O3/c1-2-3-4-16(21)18-13-7-9-14(10-8-13)22-11-15-19-17(23-20-15)12-5-6-12/h7-10,12H,2-6,11H2,1H3,(H,18,21). The lowest BCUT2D eigenvalue weighted by Gasteiger charge is -2.07. The third-order valence-electron chi connectivity index (χ3n) is 3.67. The van der Waals surface area contributed by atoms with Crippen molar-refractivity contribution in [2.45, 2.75) is 51.6 Å². The van der Waals surface area contributed by atoms with Crippen molar-refractivity contribution in [2.75, 3.05) is 5.32 Å². The monoisotopic (exact) mass is 315 g/mol. The van der Waals surface area contributed by atoms with Crippen LogP contribution in [0.5, 0.6) is 5.75 Å². The number of carbonyl (C=O) groups excluding carboxylic acids is 1. The lowest BCUT2D eigenvalue weighted by molar-refractivity contribution is -0.116. The predicted molar refractivity (Wildman–Crippen MR) is 85.2 cm³/mol. The van der Waals surface area contributed by atoms with Crippen LogP contribution < -0.4 is 10.1 Å². The Kier molecular flexibility index (Phi) is 4.90. The molecule has 122 valence electrons. The number of hydrogen-bond donors (Lipinski definition) is 1. The summed E-state index contributed by atoms with van der Waals surface area (Å²) < 4.78 is 10.8. The number of hydrogen-bond acceptors (Lipinski definition) is 5.